The number of aromatic nitrogens is 2. The lowest BCUT2D eigenvalue weighted by Crippen LogP contribution is -2.11. The fourth-order valence-corrected chi connectivity index (χ4v) is 8.44. The van der Waals surface area contributed by atoms with Crippen molar-refractivity contribution in [2.24, 2.45) is 0 Å². The number of rotatable bonds is 4. The van der Waals surface area contributed by atoms with Gasteiger partial charge in [-0.05, 0) is 71.4 Å². The van der Waals surface area contributed by atoms with E-state index >= 15 is 0 Å². The van der Waals surface area contributed by atoms with Gasteiger partial charge in [0.05, 0.1) is 33.3 Å². The molecular weight excluding hydrogens is 595 g/mol. The van der Waals surface area contributed by atoms with Crippen molar-refractivity contribution in [3.63, 3.8) is 0 Å². The first-order chi connectivity index (χ1) is 24.3. The average molecular weight is 624 g/mol. The second-order valence-electron chi connectivity index (χ2n) is 12.9. The molecule has 0 aliphatic carbocycles. The highest BCUT2D eigenvalue weighted by Crippen LogP contribution is 2.45. The zero-order valence-electron chi connectivity index (χ0n) is 26.6. The monoisotopic (exact) mass is 623 g/mol. The minimum absolute atomic E-state index is 1.11. The van der Waals surface area contributed by atoms with Gasteiger partial charge < -0.3 is 13.9 Å². The number of fused-ring (bicyclic) bond motifs is 6. The van der Waals surface area contributed by atoms with Crippen molar-refractivity contribution in [2.45, 2.75) is 0 Å². The molecule has 3 aromatic heterocycles. The molecule has 49 heavy (non-hydrogen) atoms. The van der Waals surface area contributed by atoms with Crippen LogP contribution < -0.4 is 4.90 Å². The minimum Gasteiger partial charge on any atom is -0.310 e. The molecule has 0 unspecified atom stereocenters. The highest BCUT2D eigenvalue weighted by molar-refractivity contribution is 6.31. The Kier molecular flexibility index (Phi) is 5.38. The Morgan fingerprint density at radius 1 is 0.367 bits per heavy atom. The van der Waals surface area contributed by atoms with Gasteiger partial charge in [0.15, 0.2) is 0 Å². The molecule has 0 aliphatic heterocycles. The van der Waals surface area contributed by atoms with Crippen LogP contribution >= 0.6 is 0 Å². The van der Waals surface area contributed by atoms with Crippen molar-refractivity contribution in [1.29, 1.82) is 0 Å². The van der Waals surface area contributed by atoms with Crippen LogP contribution in [0.3, 0.4) is 0 Å². The number of anilines is 3. The van der Waals surface area contributed by atoms with Gasteiger partial charge in [-0.25, -0.2) is 0 Å². The van der Waals surface area contributed by atoms with Crippen LogP contribution in [-0.4, -0.2) is 8.97 Å². The molecule has 8 aromatic carbocycles. The molecule has 0 bridgehead atoms. The molecule has 0 fully saturated rings. The molecule has 0 aliphatic rings. The van der Waals surface area contributed by atoms with Crippen LogP contribution in [0.5, 0.6) is 0 Å². The third-order valence-corrected chi connectivity index (χ3v) is 10.4. The fraction of sp³-hybridized carbons (Fsp3) is 0. The third kappa shape index (κ3) is 3.62. The lowest BCUT2D eigenvalue weighted by Gasteiger charge is -2.27. The number of hydrogen-bond acceptors (Lipinski definition) is 1. The Balaban J connectivity index is 1.24. The predicted molar refractivity (Wildman–Crippen MR) is 208 cm³/mol. The van der Waals surface area contributed by atoms with Crippen molar-refractivity contribution in [3.05, 3.63) is 176 Å². The summed E-state index contributed by atoms with van der Waals surface area (Å²) < 4.78 is 4.96. The summed E-state index contributed by atoms with van der Waals surface area (Å²) in [5, 5.41) is 10.2. The van der Waals surface area contributed by atoms with Crippen molar-refractivity contribution in [3.8, 4) is 5.69 Å². The topological polar surface area (TPSA) is 12.6 Å². The maximum absolute atomic E-state index is 2.50. The summed E-state index contributed by atoms with van der Waals surface area (Å²) >= 11 is 0. The van der Waals surface area contributed by atoms with Gasteiger partial charge >= 0.3 is 0 Å². The zero-order chi connectivity index (χ0) is 32.1. The SMILES string of the molecule is c1ccc(N(c2cccc(-n3c4cccc5c6cccc7c8ccccc8n(c8cccc3c8c54)c67)c2)c2cccc3ccccc23)cc1. The highest BCUT2D eigenvalue weighted by Gasteiger charge is 2.22. The number of hydrogen-bond donors (Lipinski definition) is 0. The van der Waals surface area contributed by atoms with Crippen molar-refractivity contribution in [1.82, 2.24) is 8.97 Å². The molecule has 0 spiro atoms. The van der Waals surface area contributed by atoms with Gasteiger partial charge in [0.1, 0.15) is 0 Å². The highest BCUT2D eigenvalue weighted by atomic mass is 15.1. The Labute approximate surface area is 282 Å². The molecule has 0 saturated heterocycles. The number of para-hydroxylation sites is 3. The molecule has 11 rings (SSSR count). The summed E-state index contributed by atoms with van der Waals surface area (Å²) in [6.07, 6.45) is 0. The van der Waals surface area contributed by atoms with Crippen LogP contribution in [-0.2, 0) is 0 Å². The molecule has 228 valence electrons. The summed E-state index contributed by atoms with van der Waals surface area (Å²) in [6.45, 7) is 0. The van der Waals surface area contributed by atoms with Crippen molar-refractivity contribution in [2.75, 3.05) is 4.90 Å². The van der Waals surface area contributed by atoms with Crippen molar-refractivity contribution >= 4 is 87.7 Å². The Bertz CT molecular complexity index is 3050. The standard InChI is InChI=1S/C46H29N3/c1-2-15-31(16-3-1)47(39-25-8-14-30-13-4-5-19-34(30)39)32-17-9-18-33(29-32)48-41-26-11-21-36-38-23-10-22-37-35-20-6-7-24-40(35)49(46(37)38)43-28-12-27-42(48)45(43)44(36)41/h1-29H. The van der Waals surface area contributed by atoms with Crippen LogP contribution in [0.25, 0.3) is 76.4 Å². The van der Waals surface area contributed by atoms with E-state index in [1.54, 1.807) is 0 Å². The lowest BCUT2D eigenvalue weighted by molar-refractivity contribution is 1.17. The van der Waals surface area contributed by atoms with Gasteiger partial charge in [0.25, 0.3) is 0 Å². The van der Waals surface area contributed by atoms with Gasteiger partial charge in [0.2, 0.25) is 0 Å². The first-order valence-electron chi connectivity index (χ1n) is 16.9. The maximum atomic E-state index is 2.50. The van der Waals surface area contributed by atoms with Gasteiger partial charge in [0, 0.05) is 49.4 Å². The van der Waals surface area contributed by atoms with Gasteiger partial charge in [-0.15, -0.1) is 0 Å². The molecule has 0 N–H and O–H groups in total. The lowest BCUT2D eigenvalue weighted by atomic mass is 10.0. The second kappa shape index (κ2) is 9.96. The molecule has 3 heterocycles. The Morgan fingerprint density at radius 3 is 1.84 bits per heavy atom. The normalized spacial score (nSPS) is 12.1. The summed E-state index contributed by atoms with van der Waals surface area (Å²) in [6, 6.07) is 64.2. The maximum Gasteiger partial charge on any atom is 0.0619 e. The van der Waals surface area contributed by atoms with Crippen LogP contribution in [0.15, 0.2) is 176 Å². The fourth-order valence-electron chi connectivity index (χ4n) is 8.44. The second-order valence-corrected chi connectivity index (χ2v) is 12.9. The zero-order valence-corrected chi connectivity index (χ0v) is 26.6. The molecule has 11 aromatic rings. The molecule has 0 amide bonds. The van der Waals surface area contributed by atoms with E-state index in [1.807, 2.05) is 0 Å². The van der Waals surface area contributed by atoms with Crippen LogP contribution in [0, 0.1) is 0 Å². The summed E-state index contributed by atoms with van der Waals surface area (Å²) in [5.74, 6) is 0. The van der Waals surface area contributed by atoms with E-state index in [9.17, 15) is 0 Å². The number of nitrogens with zero attached hydrogens (tertiary/aromatic N) is 3. The molecule has 0 radical (unpaired) electrons. The van der Waals surface area contributed by atoms with Crippen LogP contribution in [0.1, 0.15) is 0 Å². The summed E-state index contributed by atoms with van der Waals surface area (Å²) in [4.78, 5) is 2.39. The summed E-state index contributed by atoms with van der Waals surface area (Å²) in [7, 11) is 0. The van der Waals surface area contributed by atoms with Gasteiger partial charge in [-0.2, -0.15) is 0 Å². The van der Waals surface area contributed by atoms with E-state index < -0.39 is 0 Å². The largest absolute Gasteiger partial charge is 0.310 e. The van der Waals surface area contributed by atoms with E-state index in [0.717, 1.165) is 22.7 Å². The summed E-state index contributed by atoms with van der Waals surface area (Å²) in [5.41, 5.74) is 10.7. The van der Waals surface area contributed by atoms with E-state index in [2.05, 4.69) is 190 Å². The first-order valence-corrected chi connectivity index (χ1v) is 16.9. The predicted octanol–water partition coefficient (Wildman–Crippen LogP) is 12.6. The minimum atomic E-state index is 1.11. The molecule has 3 nitrogen and oxygen atoms in total. The third-order valence-electron chi connectivity index (χ3n) is 10.4. The number of benzene rings is 8. The Morgan fingerprint density at radius 2 is 0.939 bits per heavy atom. The average Bonchev–Trinajstić information content (AvgIpc) is 3.65. The molecular formula is C46H29N3. The Hall–Kier alpha value is -6.58. The van der Waals surface area contributed by atoms with E-state index in [-0.39, 0.29) is 0 Å². The van der Waals surface area contributed by atoms with E-state index in [4.69, 9.17) is 0 Å². The van der Waals surface area contributed by atoms with Gasteiger partial charge in [-0.1, -0.05) is 115 Å². The van der Waals surface area contributed by atoms with Crippen LogP contribution in [0.2, 0.25) is 0 Å². The van der Waals surface area contributed by atoms with E-state index in [1.165, 1.54) is 70.7 Å². The van der Waals surface area contributed by atoms with Crippen LogP contribution in [0.4, 0.5) is 17.1 Å². The molecule has 0 saturated carbocycles. The quantitative estimate of drug-likeness (QED) is 0.190. The van der Waals surface area contributed by atoms with Crippen molar-refractivity contribution < 1.29 is 0 Å². The van der Waals surface area contributed by atoms with Gasteiger partial charge in [-0.3, -0.25) is 0 Å². The van der Waals surface area contributed by atoms with E-state index in [0.29, 0.717) is 0 Å². The first kappa shape index (κ1) is 26.5. The smallest absolute Gasteiger partial charge is 0.0619 e. The molecule has 3 heteroatoms. The molecule has 0 atom stereocenters.